The van der Waals surface area contributed by atoms with Crippen molar-refractivity contribution in [2.24, 2.45) is 11.8 Å². The van der Waals surface area contributed by atoms with Gasteiger partial charge < -0.3 is 15.0 Å². The van der Waals surface area contributed by atoms with Crippen LogP contribution in [-0.4, -0.2) is 37.6 Å². The first-order chi connectivity index (χ1) is 10.1. The number of amides is 1. The van der Waals surface area contributed by atoms with Crippen molar-refractivity contribution in [1.29, 1.82) is 0 Å². The Morgan fingerprint density at radius 1 is 1.29 bits per heavy atom. The molecule has 2 rings (SSSR count). The van der Waals surface area contributed by atoms with Gasteiger partial charge in [-0.15, -0.1) is 0 Å². The van der Waals surface area contributed by atoms with E-state index >= 15 is 0 Å². The highest BCUT2D eigenvalue weighted by molar-refractivity contribution is 5.92. The highest BCUT2D eigenvalue weighted by Gasteiger charge is 2.21. The van der Waals surface area contributed by atoms with Gasteiger partial charge in [0.05, 0.1) is 12.8 Å². The number of ether oxygens (including phenoxy) is 1. The Morgan fingerprint density at radius 2 is 1.95 bits per heavy atom. The predicted octanol–water partition coefficient (Wildman–Crippen LogP) is 3.00. The smallest absolute Gasteiger partial charge is 0.225 e. The van der Waals surface area contributed by atoms with Crippen molar-refractivity contribution < 1.29 is 9.53 Å². The number of likely N-dealkylation sites (tertiary alicyclic amines) is 1. The molecule has 1 fully saturated rings. The number of hydrogen-bond donors (Lipinski definition) is 1. The maximum atomic E-state index is 12.1. The summed E-state index contributed by atoms with van der Waals surface area (Å²) < 4.78 is 5.24. The van der Waals surface area contributed by atoms with Crippen molar-refractivity contribution >= 4 is 11.6 Å². The van der Waals surface area contributed by atoms with Crippen LogP contribution < -0.4 is 10.1 Å². The second-order valence-electron chi connectivity index (χ2n) is 6.20. The van der Waals surface area contributed by atoms with E-state index in [-0.39, 0.29) is 5.91 Å². The predicted molar refractivity (Wildman–Crippen MR) is 85.6 cm³/mol. The molecule has 116 valence electrons. The van der Waals surface area contributed by atoms with E-state index in [0.29, 0.717) is 12.2 Å². The third-order valence-corrected chi connectivity index (χ3v) is 3.98. The minimum absolute atomic E-state index is 0.0466. The average molecular weight is 290 g/mol. The molecule has 0 radical (unpaired) electrons. The zero-order valence-electron chi connectivity index (χ0n) is 13.3. The maximum absolute atomic E-state index is 12.1. The van der Waals surface area contributed by atoms with Gasteiger partial charge in [0, 0.05) is 26.1 Å². The number of rotatable bonds is 5. The van der Waals surface area contributed by atoms with E-state index in [1.54, 1.807) is 7.11 Å². The van der Waals surface area contributed by atoms with Crippen LogP contribution in [0.5, 0.6) is 5.75 Å². The minimum atomic E-state index is 0.0466. The Morgan fingerprint density at radius 3 is 2.62 bits per heavy atom. The van der Waals surface area contributed by atoms with Crippen LogP contribution in [0.3, 0.4) is 0 Å². The summed E-state index contributed by atoms with van der Waals surface area (Å²) in [5.74, 6) is 2.20. The topological polar surface area (TPSA) is 41.6 Å². The number of benzene rings is 1. The Labute approximate surface area is 127 Å². The summed E-state index contributed by atoms with van der Waals surface area (Å²) in [7, 11) is 1.61. The standard InChI is InChI=1S/C17H26N2O2/c1-13-10-14(2)12-19(11-13)9-8-17(20)18-15-6-4-5-7-16(15)21-3/h4-7,13-14H,8-12H2,1-3H3,(H,18,20)/t13-,14-/m1/s1. The van der Waals surface area contributed by atoms with Crippen molar-refractivity contribution in [2.75, 3.05) is 32.1 Å². The molecular weight excluding hydrogens is 264 g/mol. The van der Waals surface area contributed by atoms with E-state index in [1.165, 1.54) is 6.42 Å². The van der Waals surface area contributed by atoms with Crippen LogP contribution in [0.25, 0.3) is 0 Å². The number of nitrogens with zero attached hydrogens (tertiary/aromatic N) is 1. The molecule has 0 aliphatic carbocycles. The SMILES string of the molecule is COc1ccccc1NC(=O)CCN1C[C@H](C)C[C@@H](C)C1. The molecule has 0 saturated carbocycles. The molecule has 4 heteroatoms. The summed E-state index contributed by atoms with van der Waals surface area (Å²) >= 11 is 0. The summed E-state index contributed by atoms with van der Waals surface area (Å²) in [5, 5.41) is 2.93. The molecule has 1 aromatic carbocycles. The van der Waals surface area contributed by atoms with Crippen LogP contribution in [0.2, 0.25) is 0 Å². The van der Waals surface area contributed by atoms with Gasteiger partial charge in [0.1, 0.15) is 5.75 Å². The summed E-state index contributed by atoms with van der Waals surface area (Å²) in [4.78, 5) is 14.5. The van der Waals surface area contributed by atoms with Crippen molar-refractivity contribution in [1.82, 2.24) is 4.90 Å². The molecule has 1 saturated heterocycles. The van der Waals surface area contributed by atoms with Crippen LogP contribution in [0.1, 0.15) is 26.7 Å². The molecule has 1 aliphatic rings. The summed E-state index contributed by atoms with van der Waals surface area (Å²) in [6.07, 6.45) is 1.82. The quantitative estimate of drug-likeness (QED) is 0.906. The lowest BCUT2D eigenvalue weighted by molar-refractivity contribution is -0.116. The van der Waals surface area contributed by atoms with Gasteiger partial charge in [-0.2, -0.15) is 0 Å². The lowest BCUT2D eigenvalue weighted by Gasteiger charge is -2.34. The zero-order chi connectivity index (χ0) is 15.2. The Kier molecular flexibility index (Phi) is 5.62. The number of nitrogens with one attached hydrogen (secondary N) is 1. The largest absolute Gasteiger partial charge is 0.495 e. The van der Waals surface area contributed by atoms with Crippen LogP contribution in [0.15, 0.2) is 24.3 Å². The molecule has 0 aromatic heterocycles. The fourth-order valence-electron chi connectivity index (χ4n) is 3.19. The van der Waals surface area contributed by atoms with Gasteiger partial charge in [0.25, 0.3) is 0 Å². The molecule has 0 unspecified atom stereocenters. The Bertz CT molecular complexity index is 466. The van der Waals surface area contributed by atoms with E-state index in [2.05, 4.69) is 24.1 Å². The maximum Gasteiger partial charge on any atom is 0.225 e. The van der Waals surface area contributed by atoms with Crippen molar-refractivity contribution in [3.63, 3.8) is 0 Å². The molecule has 0 spiro atoms. The third-order valence-electron chi connectivity index (χ3n) is 3.98. The monoisotopic (exact) mass is 290 g/mol. The number of hydrogen-bond acceptors (Lipinski definition) is 3. The summed E-state index contributed by atoms with van der Waals surface area (Å²) in [6, 6.07) is 7.50. The highest BCUT2D eigenvalue weighted by Crippen LogP contribution is 2.24. The molecule has 2 atom stereocenters. The number of anilines is 1. The van der Waals surface area contributed by atoms with Crippen LogP contribution in [-0.2, 0) is 4.79 Å². The number of carbonyl (C=O) groups excluding carboxylic acids is 1. The van der Waals surface area contributed by atoms with Crippen LogP contribution in [0.4, 0.5) is 5.69 Å². The molecule has 1 amide bonds. The molecular formula is C17H26N2O2. The Balaban J connectivity index is 1.82. The molecule has 1 aromatic rings. The second kappa shape index (κ2) is 7.46. The van der Waals surface area contributed by atoms with E-state index in [1.807, 2.05) is 24.3 Å². The van der Waals surface area contributed by atoms with Gasteiger partial charge in [-0.05, 0) is 30.4 Å². The zero-order valence-corrected chi connectivity index (χ0v) is 13.3. The van der Waals surface area contributed by atoms with E-state index < -0.39 is 0 Å². The first-order valence-corrected chi connectivity index (χ1v) is 7.73. The molecule has 4 nitrogen and oxygen atoms in total. The molecule has 1 N–H and O–H groups in total. The van der Waals surface area contributed by atoms with Gasteiger partial charge in [0.2, 0.25) is 5.91 Å². The minimum Gasteiger partial charge on any atom is -0.495 e. The van der Waals surface area contributed by atoms with E-state index in [0.717, 1.165) is 37.2 Å². The van der Waals surface area contributed by atoms with Crippen molar-refractivity contribution in [2.45, 2.75) is 26.7 Å². The number of methoxy groups -OCH3 is 1. The third kappa shape index (κ3) is 4.74. The lowest BCUT2D eigenvalue weighted by atomic mass is 9.92. The molecule has 1 aliphatic heterocycles. The number of para-hydroxylation sites is 2. The lowest BCUT2D eigenvalue weighted by Crippen LogP contribution is -2.40. The van der Waals surface area contributed by atoms with Crippen LogP contribution in [0, 0.1) is 11.8 Å². The van der Waals surface area contributed by atoms with Crippen LogP contribution >= 0.6 is 0 Å². The summed E-state index contributed by atoms with van der Waals surface area (Å²) in [6.45, 7) is 7.61. The van der Waals surface area contributed by atoms with Crippen molar-refractivity contribution in [3.05, 3.63) is 24.3 Å². The fraction of sp³-hybridized carbons (Fsp3) is 0.588. The van der Waals surface area contributed by atoms with Gasteiger partial charge >= 0.3 is 0 Å². The molecule has 0 bridgehead atoms. The number of piperidine rings is 1. The van der Waals surface area contributed by atoms with E-state index in [4.69, 9.17) is 4.74 Å². The van der Waals surface area contributed by atoms with Gasteiger partial charge in [0.15, 0.2) is 0 Å². The van der Waals surface area contributed by atoms with E-state index in [9.17, 15) is 4.79 Å². The first-order valence-electron chi connectivity index (χ1n) is 7.73. The second-order valence-corrected chi connectivity index (χ2v) is 6.20. The van der Waals surface area contributed by atoms with Gasteiger partial charge in [-0.25, -0.2) is 0 Å². The van der Waals surface area contributed by atoms with Gasteiger partial charge in [-0.1, -0.05) is 26.0 Å². The van der Waals surface area contributed by atoms with Gasteiger partial charge in [-0.3, -0.25) is 4.79 Å². The highest BCUT2D eigenvalue weighted by atomic mass is 16.5. The molecule has 21 heavy (non-hydrogen) atoms. The average Bonchev–Trinajstić information content (AvgIpc) is 2.45. The fourth-order valence-corrected chi connectivity index (χ4v) is 3.19. The summed E-state index contributed by atoms with van der Waals surface area (Å²) in [5.41, 5.74) is 0.741. The molecule has 1 heterocycles. The number of carbonyl (C=O) groups is 1. The normalized spacial score (nSPS) is 22.8. The van der Waals surface area contributed by atoms with Crippen molar-refractivity contribution in [3.8, 4) is 5.75 Å². The first kappa shape index (κ1) is 15.8. The Hall–Kier alpha value is -1.55.